The zero-order valence-corrected chi connectivity index (χ0v) is 19.9. The number of hydrogen-bond acceptors (Lipinski definition) is 3. The van der Waals surface area contributed by atoms with Crippen molar-refractivity contribution in [1.29, 1.82) is 0 Å². The van der Waals surface area contributed by atoms with Crippen LogP contribution in [0, 0.1) is 19.7 Å². The van der Waals surface area contributed by atoms with Gasteiger partial charge in [-0.15, -0.1) is 0 Å². The first-order valence-corrected chi connectivity index (χ1v) is 11.1. The second-order valence-electron chi connectivity index (χ2n) is 7.72. The van der Waals surface area contributed by atoms with Gasteiger partial charge < -0.3 is 10.6 Å². The van der Waals surface area contributed by atoms with E-state index < -0.39 is 23.5 Å². The summed E-state index contributed by atoms with van der Waals surface area (Å²) in [5.41, 5.74) is 5.31. The van der Waals surface area contributed by atoms with Gasteiger partial charge in [-0.25, -0.2) is 9.07 Å². The summed E-state index contributed by atoms with van der Waals surface area (Å²) in [6, 6.07) is 17.9. The highest BCUT2D eigenvalue weighted by Gasteiger charge is 2.22. The highest BCUT2D eigenvalue weighted by atomic mass is 79.9. The van der Waals surface area contributed by atoms with E-state index in [2.05, 4.69) is 32.0 Å². The summed E-state index contributed by atoms with van der Waals surface area (Å²) in [6.45, 7) is 3.75. The van der Waals surface area contributed by atoms with Crippen molar-refractivity contribution >= 4 is 55.9 Å². The molecule has 0 atom stereocenters. The number of aromatic nitrogens is 1. The van der Waals surface area contributed by atoms with E-state index in [1.54, 1.807) is 36.4 Å². The predicted molar refractivity (Wildman–Crippen MR) is 133 cm³/mol. The summed E-state index contributed by atoms with van der Waals surface area (Å²) in [5.74, 6) is -3.13. The van der Waals surface area contributed by atoms with Gasteiger partial charge in [-0.1, -0.05) is 45.8 Å². The smallest absolute Gasteiger partial charge is 0.318 e. The summed E-state index contributed by atoms with van der Waals surface area (Å²) in [4.78, 5) is 38.3. The number of rotatable bonds is 4. The van der Waals surface area contributed by atoms with Crippen molar-refractivity contribution < 1.29 is 18.8 Å². The molecule has 0 aliphatic rings. The van der Waals surface area contributed by atoms with Crippen molar-refractivity contribution in [3.63, 3.8) is 0 Å². The van der Waals surface area contributed by atoms with Gasteiger partial charge in [-0.2, -0.15) is 0 Å². The van der Waals surface area contributed by atoms with Gasteiger partial charge in [0.25, 0.3) is 5.91 Å². The Labute approximate surface area is 203 Å². The Balaban J connectivity index is 1.64. The van der Waals surface area contributed by atoms with Gasteiger partial charge >= 0.3 is 11.8 Å². The maximum Gasteiger partial charge on any atom is 0.328 e. The highest BCUT2D eigenvalue weighted by molar-refractivity contribution is 9.10. The Morgan fingerprint density at radius 2 is 1.62 bits per heavy atom. The minimum absolute atomic E-state index is 0.00981. The molecule has 0 spiro atoms. The van der Waals surface area contributed by atoms with Crippen LogP contribution >= 0.6 is 15.9 Å². The van der Waals surface area contributed by atoms with Crippen LogP contribution in [-0.4, -0.2) is 22.4 Å². The molecule has 0 aliphatic heterocycles. The molecule has 0 fully saturated rings. The molecule has 0 aliphatic carbocycles. The quantitative estimate of drug-likeness (QED) is 0.325. The minimum Gasteiger partial charge on any atom is -0.318 e. The lowest BCUT2D eigenvalue weighted by molar-refractivity contribution is -0.133. The van der Waals surface area contributed by atoms with Gasteiger partial charge in [0.05, 0.1) is 11.2 Å². The van der Waals surface area contributed by atoms with E-state index in [4.69, 9.17) is 0 Å². The number of aryl methyl sites for hydroxylation is 2. The topological polar surface area (TPSA) is 92.2 Å². The summed E-state index contributed by atoms with van der Waals surface area (Å²) < 4.78 is 16.0. The average Bonchev–Trinajstić information content (AvgIpc) is 3.14. The lowest BCUT2D eigenvalue weighted by atomic mass is 10.1. The van der Waals surface area contributed by atoms with Gasteiger partial charge in [-0.05, 0) is 61.9 Å². The van der Waals surface area contributed by atoms with Gasteiger partial charge in [0, 0.05) is 15.5 Å². The van der Waals surface area contributed by atoms with Gasteiger partial charge in [0.15, 0.2) is 0 Å². The first-order chi connectivity index (χ1) is 16.2. The molecule has 0 saturated carbocycles. The number of fused-ring (bicyclic) bond motifs is 1. The number of amides is 3. The number of hydrogen-bond donors (Lipinski definition) is 3. The fourth-order valence-electron chi connectivity index (χ4n) is 3.51. The third-order valence-electron chi connectivity index (χ3n) is 5.17. The zero-order valence-electron chi connectivity index (χ0n) is 18.3. The van der Waals surface area contributed by atoms with Gasteiger partial charge in [0.2, 0.25) is 0 Å². The number of halogens is 2. The van der Waals surface area contributed by atoms with Crippen molar-refractivity contribution in [2.45, 2.75) is 13.8 Å². The molecule has 3 amide bonds. The number of nitrogens with one attached hydrogen (secondary N) is 3. The fraction of sp³-hybridized carbons (Fsp3) is 0.0800. The Morgan fingerprint density at radius 3 is 2.35 bits per heavy atom. The maximum absolute atomic E-state index is 14.1. The number of carbonyl (C=O) groups excluding carboxylic acids is 3. The van der Waals surface area contributed by atoms with E-state index in [9.17, 15) is 18.8 Å². The van der Waals surface area contributed by atoms with E-state index in [0.717, 1.165) is 15.6 Å². The SMILES string of the molecule is Cc1ccc(NC(=O)C(=O)Nn2c(C(=O)Nc3ccccc3F)cc3cc(Br)ccc32)c(C)c1. The Morgan fingerprint density at radius 1 is 0.853 bits per heavy atom. The number of benzene rings is 3. The molecule has 1 aromatic heterocycles. The molecule has 4 aromatic rings. The van der Waals surface area contributed by atoms with Crippen molar-refractivity contribution in [2.24, 2.45) is 0 Å². The average molecular weight is 523 g/mol. The first kappa shape index (κ1) is 23.2. The van der Waals surface area contributed by atoms with Gasteiger partial charge in [-0.3, -0.25) is 19.8 Å². The van der Waals surface area contributed by atoms with Crippen LogP contribution in [0.15, 0.2) is 71.2 Å². The molecule has 3 aromatic carbocycles. The standard InChI is InChI=1S/C25H20BrFN4O3/c1-14-7-9-19(15(2)11-14)28-24(33)25(34)30-31-21-10-8-17(26)12-16(21)13-22(31)23(32)29-20-6-4-3-5-18(20)27/h3-13H,1-2H3,(H,28,33)(H,29,32)(H,30,34). The van der Waals surface area contributed by atoms with Crippen LogP contribution in [0.2, 0.25) is 0 Å². The van der Waals surface area contributed by atoms with E-state index in [-0.39, 0.29) is 11.4 Å². The fourth-order valence-corrected chi connectivity index (χ4v) is 3.89. The van der Waals surface area contributed by atoms with Crippen molar-refractivity contribution in [3.8, 4) is 0 Å². The zero-order chi connectivity index (χ0) is 24.4. The lowest BCUT2D eigenvalue weighted by Gasteiger charge is -2.13. The van der Waals surface area contributed by atoms with E-state index in [0.29, 0.717) is 16.6 Å². The summed E-state index contributed by atoms with van der Waals surface area (Å²) >= 11 is 3.38. The molecular weight excluding hydrogens is 503 g/mol. The van der Waals surface area contributed by atoms with Crippen LogP contribution in [-0.2, 0) is 9.59 Å². The van der Waals surface area contributed by atoms with E-state index in [1.165, 1.54) is 22.9 Å². The number of anilines is 2. The maximum atomic E-state index is 14.1. The van der Waals surface area contributed by atoms with Crippen molar-refractivity contribution in [3.05, 3.63) is 93.8 Å². The summed E-state index contributed by atoms with van der Waals surface area (Å²) in [6.07, 6.45) is 0. The molecular formula is C25H20BrFN4O3. The Kier molecular flexibility index (Phi) is 6.47. The molecule has 172 valence electrons. The second kappa shape index (κ2) is 9.48. The number of nitrogens with zero attached hydrogens (tertiary/aromatic N) is 1. The molecule has 0 bridgehead atoms. The van der Waals surface area contributed by atoms with E-state index in [1.807, 2.05) is 26.0 Å². The van der Waals surface area contributed by atoms with Crippen LogP contribution in [0.3, 0.4) is 0 Å². The molecule has 3 N–H and O–H groups in total. The normalized spacial score (nSPS) is 10.7. The summed E-state index contributed by atoms with van der Waals surface area (Å²) in [5, 5.41) is 5.71. The highest BCUT2D eigenvalue weighted by Crippen LogP contribution is 2.24. The third-order valence-corrected chi connectivity index (χ3v) is 5.66. The minimum atomic E-state index is -0.972. The molecule has 0 saturated heterocycles. The largest absolute Gasteiger partial charge is 0.328 e. The molecule has 34 heavy (non-hydrogen) atoms. The monoisotopic (exact) mass is 522 g/mol. The summed E-state index contributed by atoms with van der Waals surface area (Å²) in [7, 11) is 0. The molecule has 0 unspecified atom stereocenters. The number of para-hydroxylation sites is 1. The molecule has 1 heterocycles. The number of carbonyl (C=O) groups is 3. The van der Waals surface area contributed by atoms with Crippen LogP contribution in [0.25, 0.3) is 10.9 Å². The van der Waals surface area contributed by atoms with Crippen molar-refractivity contribution in [1.82, 2.24) is 4.68 Å². The lowest BCUT2D eigenvalue weighted by Crippen LogP contribution is -2.36. The van der Waals surface area contributed by atoms with Crippen molar-refractivity contribution in [2.75, 3.05) is 16.1 Å². The third kappa shape index (κ3) is 4.84. The first-order valence-electron chi connectivity index (χ1n) is 10.3. The molecule has 9 heteroatoms. The molecule has 0 radical (unpaired) electrons. The van der Waals surface area contributed by atoms with E-state index >= 15 is 0 Å². The van der Waals surface area contributed by atoms with Crippen LogP contribution < -0.4 is 16.1 Å². The Hall–Kier alpha value is -3.98. The van der Waals surface area contributed by atoms with Crippen LogP contribution in [0.4, 0.5) is 15.8 Å². The van der Waals surface area contributed by atoms with Gasteiger partial charge in [0.1, 0.15) is 11.5 Å². The predicted octanol–water partition coefficient (Wildman–Crippen LogP) is 5.12. The Bertz CT molecular complexity index is 1450. The van der Waals surface area contributed by atoms with Crippen LogP contribution in [0.1, 0.15) is 21.6 Å². The second-order valence-corrected chi connectivity index (χ2v) is 8.63. The van der Waals surface area contributed by atoms with Crippen LogP contribution in [0.5, 0.6) is 0 Å². The molecule has 7 nitrogen and oxygen atoms in total. The molecule has 4 rings (SSSR count).